The Kier molecular flexibility index (Phi) is 2.81. The highest BCUT2D eigenvalue weighted by atomic mass is 19.1. The van der Waals surface area contributed by atoms with E-state index in [-0.39, 0.29) is 11.3 Å². The molecule has 20 heavy (non-hydrogen) atoms. The Labute approximate surface area is 112 Å². The first-order valence-corrected chi connectivity index (χ1v) is 5.80. The Morgan fingerprint density at radius 3 is 2.55 bits per heavy atom. The number of carbonyl (C=O) groups is 1. The lowest BCUT2D eigenvalue weighted by atomic mass is 10.1. The number of cyclic esters (lactones) is 1. The summed E-state index contributed by atoms with van der Waals surface area (Å²) in [5, 5.41) is 7.63. The van der Waals surface area contributed by atoms with E-state index in [1.165, 1.54) is 10.9 Å². The summed E-state index contributed by atoms with van der Waals surface area (Å²) < 4.78 is 32.6. The van der Waals surface area contributed by atoms with Crippen LogP contribution in [0, 0.1) is 11.6 Å². The molecule has 0 amide bonds. The Bertz CT molecular complexity index is 704. The van der Waals surface area contributed by atoms with Crippen molar-refractivity contribution in [2.75, 3.05) is 0 Å². The maximum absolute atomic E-state index is 13.2. The lowest BCUT2D eigenvalue weighted by molar-refractivity contribution is -0.143. The van der Waals surface area contributed by atoms with E-state index in [0.717, 1.165) is 18.2 Å². The third-order valence-corrected chi connectivity index (χ3v) is 2.87. The van der Waals surface area contributed by atoms with Gasteiger partial charge in [-0.3, -0.25) is 0 Å². The number of hydrogen-bond donors (Lipinski definition) is 0. The quantitative estimate of drug-likeness (QED) is 0.790. The molecule has 1 unspecified atom stereocenters. The van der Waals surface area contributed by atoms with Crippen LogP contribution in [0.15, 0.2) is 36.0 Å². The van der Waals surface area contributed by atoms with Gasteiger partial charge in [0.15, 0.2) is 0 Å². The fraction of sp³-hybridized carbons (Fsp3) is 0.154. The van der Waals surface area contributed by atoms with Crippen LogP contribution >= 0.6 is 0 Å². The summed E-state index contributed by atoms with van der Waals surface area (Å²) in [4.78, 5) is 11.3. The van der Waals surface area contributed by atoms with Crippen LogP contribution in [0.3, 0.4) is 0 Å². The molecule has 0 saturated heterocycles. The van der Waals surface area contributed by atoms with Crippen LogP contribution in [0.5, 0.6) is 0 Å². The van der Waals surface area contributed by atoms with Crippen molar-refractivity contribution in [3.8, 4) is 11.3 Å². The monoisotopic (exact) mass is 277 g/mol. The molecular formula is C13H9F2N3O2. The summed E-state index contributed by atoms with van der Waals surface area (Å²) in [5.74, 6) is -1.82. The first-order chi connectivity index (χ1) is 9.52. The molecule has 0 spiro atoms. The molecule has 2 heterocycles. The van der Waals surface area contributed by atoms with Gasteiger partial charge in [-0.1, -0.05) is 5.21 Å². The number of hydrogen-bond acceptors (Lipinski definition) is 4. The van der Waals surface area contributed by atoms with E-state index in [4.69, 9.17) is 4.74 Å². The third kappa shape index (κ3) is 2.18. The molecule has 1 aromatic heterocycles. The lowest BCUT2D eigenvalue weighted by Gasteiger charge is -2.06. The Hall–Kier alpha value is -2.57. The maximum Gasteiger partial charge on any atom is 0.335 e. The average molecular weight is 277 g/mol. The highest BCUT2D eigenvalue weighted by Crippen LogP contribution is 2.24. The predicted molar refractivity (Wildman–Crippen MR) is 64.3 cm³/mol. The molecule has 0 aliphatic carbocycles. The number of rotatable bonds is 2. The van der Waals surface area contributed by atoms with Gasteiger partial charge in [-0.25, -0.2) is 18.3 Å². The van der Waals surface area contributed by atoms with Crippen molar-refractivity contribution < 1.29 is 18.3 Å². The number of aromatic nitrogens is 3. The van der Waals surface area contributed by atoms with Gasteiger partial charge in [0, 0.05) is 17.2 Å². The number of halogens is 2. The fourth-order valence-electron chi connectivity index (χ4n) is 1.88. The summed E-state index contributed by atoms with van der Waals surface area (Å²) in [6.07, 6.45) is 2.37. The van der Waals surface area contributed by atoms with E-state index >= 15 is 0 Å². The van der Waals surface area contributed by atoms with Crippen LogP contribution in [0.2, 0.25) is 0 Å². The summed E-state index contributed by atoms with van der Waals surface area (Å²) in [6.45, 7) is 1.63. The van der Waals surface area contributed by atoms with Gasteiger partial charge in [0.1, 0.15) is 17.3 Å². The average Bonchev–Trinajstić information content (AvgIpc) is 2.96. The van der Waals surface area contributed by atoms with Crippen LogP contribution in [0.25, 0.3) is 11.3 Å². The number of carbonyl (C=O) groups excluding carboxylic acids is 1. The predicted octanol–water partition coefficient (Wildman–Crippen LogP) is 2.22. The summed E-state index contributed by atoms with van der Waals surface area (Å²) in [5.41, 5.74) is 1.03. The van der Waals surface area contributed by atoms with Crippen LogP contribution < -0.4 is 0 Å². The van der Waals surface area contributed by atoms with Gasteiger partial charge in [0.25, 0.3) is 0 Å². The van der Waals surface area contributed by atoms with Gasteiger partial charge in [-0.2, -0.15) is 0 Å². The maximum atomic E-state index is 13.2. The second-order valence-electron chi connectivity index (χ2n) is 4.39. The summed E-state index contributed by atoms with van der Waals surface area (Å²) in [6, 6.07) is 3.08. The zero-order valence-electron chi connectivity index (χ0n) is 10.4. The van der Waals surface area contributed by atoms with Crippen molar-refractivity contribution in [2.45, 2.75) is 13.2 Å². The second-order valence-corrected chi connectivity index (χ2v) is 4.39. The minimum atomic E-state index is -0.697. The van der Waals surface area contributed by atoms with Gasteiger partial charge < -0.3 is 4.74 Å². The van der Waals surface area contributed by atoms with Crippen LogP contribution in [0.1, 0.15) is 13.2 Å². The minimum Gasteiger partial charge on any atom is -0.433 e. The SMILES string of the molecule is CC1=CC(n2cc(-c3cc(F)cc(F)c3)nn2)OC1=O. The Morgan fingerprint density at radius 1 is 1.25 bits per heavy atom. The molecule has 0 N–H and O–H groups in total. The molecule has 1 aliphatic rings. The van der Waals surface area contributed by atoms with Crippen molar-refractivity contribution in [3.63, 3.8) is 0 Å². The topological polar surface area (TPSA) is 57.0 Å². The molecule has 0 bridgehead atoms. The van der Waals surface area contributed by atoms with Crippen molar-refractivity contribution in [2.24, 2.45) is 0 Å². The smallest absolute Gasteiger partial charge is 0.335 e. The highest BCUT2D eigenvalue weighted by Gasteiger charge is 2.24. The standard InChI is InChI=1S/C13H9F2N3O2/c1-7-2-12(20-13(7)19)18-6-11(16-17-18)8-3-9(14)5-10(15)4-8/h2-6,12H,1H3. The van der Waals surface area contributed by atoms with Crippen molar-refractivity contribution in [1.29, 1.82) is 0 Å². The molecule has 1 aliphatic heterocycles. The molecule has 5 nitrogen and oxygen atoms in total. The molecule has 0 fully saturated rings. The molecule has 2 aromatic rings. The van der Waals surface area contributed by atoms with E-state index in [1.54, 1.807) is 13.0 Å². The second kappa shape index (κ2) is 4.52. The zero-order valence-corrected chi connectivity index (χ0v) is 10.4. The van der Waals surface area contributed by atoms with Crippen LogP contribution in [-0.4, -0.2) is 21.0 Å². The molecule has 3 rings (SSSR count). The van der Waals surface area contributed by atoms with Crippen LogP contribution in [0.4, 0.5) is 8.78 Å². The van der Waals surface area contributed by atoms with E-state index in [1.807, 2.05) is 0 Å². The van der Waals surface area contributed by atoms with Gasteiger partial charge >= 0.3 is 5.97 Å². The normalized spacial score (nSPS) is 18.1. The van der Waals surface area contributed by atoms with Gasteiger partial charge in [-0.15, -0.1) is 5.10 Å². The van der Waals surface area contributed by atoms with Gasteiger partial charge in [0.05, 0.1) is 6.20 Å². The molecular weight excluding hydrogens is 268 g/mol. The molecule has 7 heteroatoms. The first kappa shape index (κ1) is 12.5. The Balaban J connectivity index is 1.93. The van der Waals surface area contributed by atoms with E-state index in [0.29, 0.717) is 5.57 Å². The third-order valence-electron chi connectivity index (χ3n) is 2.87. The summed E-state index contributed by atoms with van der Waals surface area (Å²) >= 11 is 0. The van der Waals surface area contributed by atoms with Crippen molar-refractivity contribution >= 4 is 5.97 Å². The Morgan fingerprint density at radius 2 is 1.95 bits per heavy atom. The number of benzene rings is 1. The number of ether oxygens (including phenoxy) is 1. The van der Waals surface area contributed by atoms with Crippen molar-refractivity contribution in [3.05, 3.63) is 47.7 Å². The number of esters is 1. The van der Waals surface area contributed by atoms with Gasteiger partial charge in [-0.05, 0) is 25.1 Å². The molecule has 0 saturated carbocycles. The zero-order chi connectivity index (χ0) is 14.3. The lowest BCUT2D eigenvalue weighted by Crippen LogP contribution is -2.09. The van der Waals surface area contributed by atoms with Crippen LogP contribution in [-0.2, 0) is 9.53 Å². The molecule has 1 atom stereocenters. The van der Waals surface area contributed by atoms with E-state index in [2.05, 4.69) is 10.3 Å². The minimum absolute atomic E-state index is 0.263. The first-order valence-electron chi connectivity index (χ1n) is 5.80. The fourth-order valence-corrected chi connectivity index (χ4v) is 1.88. The summed E-state index contributed by atoms with van der Waals surface area (Å²) in [7, 11) is 0. The molecule has 1 aromatic carbocycles. The largest absolute Gasteiger partial charge is 0.433 e. The van der Waals surface area contributed by atoms with E-state index in [9.17, 15) is 13.6 Å². The number of nitrogens with zero attached hydrogens (tertiary/aromatic N) is 3. The highest BCUT2D eigenvalue weighted by molar-refractivity contribution is 5.89. The molecule has 0 radical (unpaired) electrons. The molecule has 102 valence electrons. The van der Waals surface area contributed by atoms with Crippen molar-refractivity contribution in [1.82, 2.24) is 15.0 Å². The van der Waals surface area contributed by atoms with E-state index < -0.39 is 23.8 Å². The van der Waals surface area contributed by atoms with Gasteiger partial charge in [0.2, 0.25) is 6.23 Å².